The van der Waals surface area contributed by atoms with Gasteiger partial charge in [-0.25, -0.2) is 0 Å². The van der Waals surface area contributed by atoms with Crippen molar-refractivity contribution in [2.45, 2.75) is 6.92 Å². The molecule has 2 nitrogen and oxygen atoms in total. The smallest absolute Gasteiger partial charge is 0.118 e. The molecule has 3 rings (SSSR count). The zero-order chi connectivity index (χ0) is 16.4. The van der Waals surface area contributed by atoms with Crippen molar-refractivity contribution in [1.82, 2.24) is 0 Å². The summed E-state index contributed by atoms with van der Waals surface area (Å²) in [6.07, 6.45) is 1.65. The maximum absolute atomic E-state index is 9.99. The Labute approximate surface area is 139 Å². The van der Waals surface area contributed by atoms with Crippen LogP contribution in [0, 0.1) is 11.3 Å². The second-order valence-electron chi connectivity index (χ2n) is 5.19. The molecule has 0 saturated heterocycles. The van der Waals surface area contributed by atoms with Gasteiger partial charge in [-0.05, 0) is 47.5 Å². The number of hydrogen-bond acceptors (Lipinski definition) is 2. The Kier molecular flexibility index (Phi) is 4.06. The van der Waals surface area contributed by atoms with E-state index in [1.807, 2.05) is 36.4 Å². The van der Waals surface area contributed by atoms with E-state index in [1.54, 1.807) is 31.2 Å². The van der Waals surface area contributed by atoms with Crippen LogP contribution < -0.4 is 0 Å². The minimum Gasteiger partial charge on any atom is -0.508 e. The molecule has 0 saturated carbocycles. The van der Waals surface area contributed by atoms with Crippen LogP contribution in [0.3, 0.4) is 0 Å². The van der Waals surface area contributed by atoms with Crippen LogP contribution in [0.1, 0.15) is 18.1 Å². The summed E-state index contributed by atoms with van der Waals surface area (Å²) in [5.74, 6) is 0.223. The van der Waals surface area contributed by atoms with Crippen molar-refractivity contribution < 1.29 is 5.11 Å². The minimum atomic E-state index is 0.223. The molecule has 0 unspecified atom stereocenters. The van der Waals surface area contributed by atoms with E-state index < -0.39 is 0 Å². The number of aliphatic hydroxyl groups excluding tert-OH is 1. The number of allylic oxidation sites excluding steroid dienone is 1. The zero-order valence-corrected chi connectivity index (χ0v) is 13.3. The Morgan fingerprint density at radius 2 is 1.91 bits per heavy atom. The molecule has 23 heavy (non-hydrogen) atoms. The Bertz CT molecular complexity index is 967. The van der Waals surface area contributed by atoms with Gasteiger partial charge in [0.2, 0.25) is 0 Å². The van der Waals surface area contributed by atoms with Crippen molar-refractivity contribution in [2.24, 2.45) is 0 Å². The minimum absolute atomic E-state index is 0.223. The molecule has 0 amide bonds. The largest absolute Gasteiger partial charge is 0.508 e. The molecule has 0 atom stereocenters. The lowest BCUT2D eigenvalue weighted by Gasteiger charge is -2.12. The maximum atomic E-state index is 9.99. The van der Waals surface area contributed by atoms with Gasteiger partial charge in [-0.3, -0.25) is 0 Å². The van der Waals surface area contributed by atoms with Crippen LogP contribution in [0.15, 0.2) is 60.7 Å². The van der Waals surface area contributed by atoms with Gasteiger partial charge in [0.05, 0.1) is 11.6 Å². The number of nitriles is 1. The third-order valence-corrected chi connectivity index (χ3v) is 4.17. The highest BCUT2D eigenvalue weighted by Crippen LogP contribution is 2.36. The average molecular weight is 320 g/mol. The van der Waals surface area contributed by atoms with Gasteiger partial charge in [0.25, 0.3) is 0 Å². The molecule has 0 aromatic heterocycles. The molecule has 0 radical (unpaired) electrons. The fourth-order valence-corrected chi connectivity index (χ4v) is 2.98. The van der Waals surface area contributed by atoms with Crippen LogP contribution in [0.2, 0.25) is 5.02 Å². The molecular formula is C20H14ClNO. The maximum Gasteiger partial charge on any atom is 0.118 e. The Morgan fingerprint density at radius 3 is 2.65 bits per heavy atom. The number of nitrogens with zero attached hydrogens (tertiary/aromatic N) is 1. The van der Waals surface area contributed by atoms with E-state index >= 15 is 0 Å². The summed E-state index contributed by atoms with van der Waals surface area (Å²) in [6, 6.07) is 19.1. The van der Waals surface area contributed by atoms with Crippen molar-refractivity contribution in [3.63, 3.8) is 0 Å². The lowest BCUT2D eigenvalue weighted by Crippen LogP contribution is -1.89. The molecule has 1 N–H and O–H groups in total. The molecule has 0 heterocycles. The van der Waals surface area contributed by atoms with Gasteiger partial charge in [0, 0.05) is 16.1 Å². The monoisotopic (exact) mass is 319 g/mol. The molecule has 3 aromatic rings. The fraction of sp³-hybridized carbons (Fsp3) is 0.0500. The highest BCUT2D eigenvalue weighted by atomic mass is 35.5. The van der Waals surface area contributed by atoms with E-state index in [4.69, 9.17) is 11.6 Å². The van der Waals surface area contributed by atoms with Crippen LogP contribution >= 0.6 is 11.6 Å². The number of benzene rings is 3. The summed E-state index contributed by atoms with van der Waals surface area (Å²) in [4.78, 5) is 0. The summed E-state index contributed by atoms with van der Waals surface area (Å²) < 4.78 is 0. The van der Waals surface area contributed by atoms with Crippen LogP contribution in [0.5, 0.6) is 0 Å². The SMILES string of the molecule is CC=C(O)c1ccc2cccc(-c3c(Cl)cccc3C#N)c2c1. The highest BCUT2D eigenvalue weighted by Gasteiger charge is 2.13. The lowest BCUT2D eigenvalue weighted by molar-refractivity contribution is 0.511. The van der Waals surface area contributed by atoms with E-state index in [1.165, 1.54) is 0 Å². The first-order valence-electron chi connectivity index (χ1n) is 7.23. The molecule has 0 aliphatic carbocycles. The van der Waals surface area contributed by atoms with Gasteiger partial charge in [-0.1, -0.05) is 48.0 Å². The van der Waals surface area contributed by atoms with Crippen molar-refractivity contribution in [1.29, 1.82) is 5.26 Å². The average Bonchev–Trinajstić information content (AvgIpc) is 2.60. The van der Waals surface area contributed by atoms with Crippen molar-refractivity contribution >= 4 is 28.1 Å². The number of rotatable bonds is 2. The molecule has 0 aliphatic heterocycles. The second-order valence-corrected chi connectivity index (χ2v) is 5.60. The van der Waals surface area contributed by atoms with E-state index in [-0.39, 0.29) is 5.76 Å². The summed E-state index contributed by atoms with van der Waals surface area (Å²) in [5, 5.41) is 21.9. The first-order valence-corrected chi connectivity index (χ1v) is 7.61. The van der Waals surface area contributed by atoms with Crippen molar-refractivity contribution in [3.05, 3.63) is 76.8 Å². The van der Waals surface area contributed by atoms with E-state index in [2.05, 4.69) is 6.07 Å². The summed E-state index contributed by atoms with van der Waals surface area (Å²) in [6.45, 7) is 1.79. The number of fused-ring (bicyclic) bond motifs is 1. The first kappa shape index (κ1) is 15.1. The number of hydrogen-bond donors (Lipinski definition) is 1. The fourth-order valence-electron chi connectivity index (χ4n) is 2.71. The normalized spacial score (nSPS) is 11.4. The molecular weight excluding hydrogens is 306 g/mol. The Hall–Kier alpha value is -2.76. The first-order chi connectivity index (χ1) is 11.2. The van der Waals surface area contributed by atoms with Crippen molar-refractivity contribution in [2.75, 3.05) is 0 Å². The summed E-state index contributed by atoms with van der Waals surface area (Å²) in [5.41, 5.74) is 2.87. The molecule has 3 aromatic carbocycles. The van der Waals surface area contributed by atoms with Crippen LogP contribution in [-0.4, -0.2) is 5.11 Å². The van der Waals surface area contributed by atoms with E-state index in [0.717, 1.165) is 27.5 Å². The molecule has 112 valence electrons. The van der Waals surface area contributed by atoms with Gasteiger partial charge < -0.3 is 5.11 Å². The number of aliphatic hydroxyl groups is 1. The quantitative estimate of drug-likeness (QED) is 0.593. The van der Waals surface area contributed by atoms with Gasteiger partial charge in [0.1, 0.15) is 5.76 Å². The van der Waals surface area contributed by atoms with Crippen LogP contribution in [-0.2, 0) is 0 Å². The predicted octanol–water partition coefficient (Wildman–Crippen LogP) is 5.95. The second kappa shape index (κ2) is 6.16. The molecule has 0 fully saturated rings. The summed E-state index contributed by atoms with van der Waals surface area (Å²) >= 11 is 6.36. The number of halogens is 1. The van der Waals surface area contributed by atoms with Gasteiger partial charge in [-0.2, -0.15) is 5.26 Å². The van der Waals surface area contributed by atoms with Gasteiger partial charge in [-0.15, -0.1) is 0 Å². The lowest BCUT2D eigenvalue weighted by atomic mass is 9.93. The third kappa shape index (κ3) is 2.67. The molecule has 0 aliphatic rings. The standard InChI is InChI=1S/C20H14ClNO/c1-2-19(23)14-10-9-13-5-3-7-16(17(13)11-14)20-15(12-22)6-4-8-18(20)21/h2-11,23H,1H3. The van der Waals surface area contributed by atoms with Crippen molar-refractivity contribution in [3.8, 4) is 17.2 Å². The molecule has 0 bridgehead atoms. The molecule has 0 spiro atoms. The Balaban J connectivity index is 2.37. The van der Waals surface area contributed by atoms with Crippen LogP contribution in [0.25, 0.3) is 27.7 Å². The summed E-state index contributed by atoms with van der Waals surface area (Å²) in [7, 11) is 0. The van der Waals surface area contributed by atoms with Gasteiger partial charge >= 0.3 is 0 Å². The van der Waals surface area contributed by atoms with Gasteiger partial charge in [0.15, 0.2) is 0 Å². The topological polar surface area (TPSA) is 44.0 Å². The zero-order valence-electron chi connectivity index (χ0n) is 12.5. The van der Waals surface area contributed by atoms with Crippen LogP contribution in [0.4, 0.5) is 0 Å². The highest BCUT2D eigenvalue weighted by molar-refractivity contribution is 6.34. The van der Waals surface area contributed by atoms with E-state index in [0.29, 0.717) is 10.6 Å². The Morgan fingerprint density at radius 1 is 1.13 bits per heavy atom. The third-order valence-electron chi connectivity index (χ3n) is 3.85. The van der Waals surface area contributed by atoms with E-state index in [9.17, 15) is 10.4 Å². The predicted molar refractivity (Wildman–Crippen MR) is 95.4 cm³/mol. The molecule has 3 heteroatoms.